The average Bonchev–Trinajstić information content (AvgIpc) is 2.86. The van der Waals surface area contributed by atoms with E-state index in [9.17, 15) is 4.21 Å². The van der Waals surface area contributed by atoms with Crippen molar-refractivity contribution in [2.45, 2.75) is 107 Å². The lowest BCUT2D eigenvalue weighted by molar-refractivity contribution is 0.441. The van der Waals surface area contributed by atoms with Gasteiger partial charge in [0.25, 0.3) is 0 Å². The van der Waals surface area contributed by atoms with E-state index in [1.54, 1.807) is 5.30 Å². The Labute approximate surface area is 212 Å². The largest absolute Gasteiger partial charge is 0.242 e. The lowest BCUT2D eigenvalue weighted by Crippen LogP contribution is -2.39. The summed E-state index contributed by atoms with van der Waals surface area (Å²) in [7, 11) is 0.732. The molecule has 0 aromatic heterocycles. The fraction of sp³-hybridized carbons (Fsp3) is 0.600. The van der Waals surface area contributed by atoms with Crippen LogP contribution in [0.3, 0.4) is 0 Å². The highest BCUT2D eigenvalue weighted by Gasteiger charge is 2.37. The molecule has 2 aromatic carbocycles. The minimum atomic E-state index is -1.10. The number of nitrogens with zero attached hydrogens (tertiary/aromatic N) is 1. The van der Waals surface area contributed by atoms with E-state index in [4.69, 9.17) is 0 Å². The smallest absolute Gasteiger partial charge is 0.100 e. The highest BCUT2D eigenvalue weighted by molar-refractivity contribution is 7.84. The second-order valence-electron chi connectivity index (χ2n) is 11.3. The third-order valence-corrected chi connectivity index (χ3v) is 13.1. The monoisotopic (exact) mass is 497 g/mol. The van der Waals surface area contributed by atoms with Gasteiger partial charge in [0.05, 0.1) is 10.8 Å². The van der Waals surface area contributed by atoms with Crippen LogP contribution in [-0.4, -0.2) is 31.6 Å². The summed E-state index contributed by atoms with van der Waals surface area (Å²) in [6.45, 7) is 6.26. The molecule has 4 heteroatoms. The van der Waals surface area contributed by atoms with Crippen LogP contribution in [0.15, 0.2) is 54.6 Å². The van der Waals surface area contributed by atoms with Crippen LogP contribution in [0.2, 0.25) is 0 Å². The van der Waals surface area contributed by atoms with Crippen LogP contribution in [0.1, 0.15) is 102 Å². The first-order chi connectivity index (χ1) is 16.4. The zero-order chi connectivity index (χ0) is 24.1. The molecule has 2 atom stereocenters. The lowest BCUT2D eigenvalue weighted by Gasteiger charge is -2.41. The molecule has 34 heavy (non-hydrogen) atoms. The minimum absolute atomic E-state index is 0.00893. The van der Waals surface area contributed by atoms with E-state index < -0.39 is 11.0 Å². The molecular formula is C30H44NOPS. The van der Waals surface area contributed by atoms with Crippen LogP contribution < -0.4 is 5.30 Å². The molecule has 0 radical (unpaired) electrons. The van der Waals surface area contributed by atoms with Gasteiger partial charge in [-0.25, -0.2) is 8.51 Å². The predicted molar refractivity (Wildman–Crippen MR) is 151 cm³/mol. The number of benzene rings is 2. The lowest BCUT2D eigenvalue weighted by atomic mass is 9.98. The summed E-state index contributed by atoms with van der Waals surface area (Å²) in [5, 5.41) is 1.60. The van der Waals surface area contributed by atoms with Crippen molar-refractivity contribution in [1.29, 1.82) is 0 Å². The van der Waals surface area contributed by atoms with Crippen LogP contribution in [0, 0.1) is 0 Å². The summed E-state index contributed by atoms with van der Waals surface area (Å²) in [5.41, 5.74) is 4.35. The highest BCUT2D eigenvalue weighted by atomic mass is 32.2. The average molecular weight is 498 g/mol. The zero-order valence-corrected chi connectivity index (χ0v) is 23.4. The minimum Gasteiger partial charge on any atom is -0.242 e. The molecule has 2 saturated carbocycles. The molecule has 2 aliphatic carbocycles. The number of rotatable bonds is 7. The first-order valence-electron chi connectivity index (χ1n) is 13.4. The fourth-order valence-electron chi connectivity index (χ4n) is 6.11. The van der Waals surface area contributed by atoms with Crippen LogP contribution >= 0.6 is 7.92 Å². The van der Waals surface area contributed by atoms with E-state index in [2.05, 4.69) is 86.7 Å². The fourth-order valence-corrected chi connectivity index (χ4v) is 11.4. The zero-order valence-electron chi connectivity index (χ0n) is 21.7. The molecule has 2 aliphatic rings. The van der Waals surface area contributed by atoms with Gasteiger partial charge >= 0.3 is 0 Å². The molecular weight excluding hydrogens is 453 g/mol. The highest BCUT2D eigenvalue weighted by Crippen LogP contribution is 2.56. The Morgan fingerprint density at radius 2 is 1.29 bits per heavy atom. The van der Waals surface area contributed by atoms with Crippen molar-refractivity contribution in [1.82, 2.24) is 4.31 Å². The standard InChI is InChI=1S/C30H44NOPS/c1-30(2,3)34(32)31(4)29(24-16-8-5-9-17-24)27-22-14-15-23-28(27)33(25-18-10-6-11-19-25)26-20-12-7-13-21-26/h5,8-9,14-17,22-23,25-26,29H,6-7,10-13,18-21H2,1-4H3. The molecule has 0 saturated heterocycles. The van der Waals surface area contributed by atoms with E-state index in [0.717, 1.165) is 11.3 Å². The van der Waals surface area contributed by atoms with Crippen LogP contribution in [0.5, 0.6) is 0 Å². The number of hydrogen-bond acceptors (Lipinski definition) is 1. The van der Waals surface area contributed by atoms with Gasteiger partial charge in [0.2, 0.25) is 0 Å². The summed E-state index contributed by atoms with van der Waals surface area (Å²) in [6, 6.07) is 20.1. The SMILES string of the molecule is CN(C(c1ccccc1)c1ccccc1P(C1CCCCC1)C1CCCCC1)S(=O)C(C)(C)C. The van der Waals surface area contributed by atoms with E-state index in [1.807, 2.05) is 0 Å². The van der Waals surface area contributed by atoms with Gasteiger partial charge in [-0.1, -0.05) is 101 Å². The van der Waals surface area contributed by atoms with Crippen LogP contribution in [-0.2, 0) is 11.0 Å². The normalized spacial score (nSPS) is 20.5. The molecule has 2 unspecified atom stereocenters. The van der Waals surface area contributed by atoms with Gasteiger partial charge < -0.3 is 0 Å². The second-order valence-corrected chi connectivity index (χ2v) is 16.3. The molecule has 4 rings (SSSR count). The maximum Gasteiger partial charge on any atom is 0.100 e. The molecule has 0 bridgehead atoms. The van der Waals surface area contributed by atoms with Gasteiger partial charge in [0.1, 0.15) is 11.0 Å². The van der Waals surface area contributed by atoms with Crippen molar-refractivity contribution in [2.24, 2.45) is 0 Å². The van der Waals surface area contributed by atoms with Gasteiger partial charge in [-0.2, -0.15) is 0 Å². The van der Waals surface area contributed by atoms with E-state index >= 15 is 0 Å². The Balaban J connectivity index is 1.82. The molecule has 186 valence electrons. The van der Waals surface area contributed by atoms with Gasteiger partial charge in [0, 0.05) is 7.05 Å². The topological polar surface area (TPSA) is 20.3 Å². The molecule has 2 aromatic rings. The molecule has 2 fully saturated rings. The van der Waals surface area contributed by atoms with E-state index in [1.165, 1.54) is 75.3 Å². The molecule has 2 nitrogen and oxygen atoms in total. The Kier molecular flexibility index (Phi) is 9.05. The maximum atomic E-state index is 13.7. The van der Waals surface area contributed by atoms with Gasteiger partial charge in [-0.15, -0.1) is 0 Å². The molecule has 0 heterocycles. The van der Waals surface area contributed by atoms with Crippen molar-refractivity contribution in [3.63, 3.8) is 0 Å². The third-order valence-electron chi connectivity index (χ3n) is 7.71. The summed E-state index contributed by atoms with van der Waals surface area (Å²) < 4.78 is 15.5. The quantitative estimate of drug-likeness (QED) is 0.356. The second kappa shape index (κ2) is 11.8. The summed E-state index contributed by atoms with van der Waals surface area (Å²) in [4.78, 5) is 0. The van der Waals surface area contributed by atoms with Crippen molar-refractivity contribution in [3.8, 4) is 0 Å². The van der Waals surface area contributed by atoms with Crippen molar-refractivity contribution < 1.29 is 4.21 Å². The Morgan fingerprint density at radius 1 is 0.794 bits per heavy atom. The first-order valence-corrected chi connectivity index (χ1v) is 16.0. The van der Waals surface area contributed by atoms with Crippen molar-refractivity contribution in [2.75, 3.05) is 7.05 Å². The van der Waals surface area contributed by atoms with E-state index in [-0.39, 0.29) is 18.7 Å². The van der Waals surface area contributed by atoms with E-state index in [0.29, 0.717) is 0 Å². The molecule has 0 N–H and O–H groups in total. The summed E-state index contributed by atoms with van der Waals surface area (Å²) in [6.07, 6.45) is 14.0. The Hall–Kier alpha value is -1.02. The van der Waals surface area contributed by atoms with Gasteiger partial charge in [-0.3, -0.25) is 0 Å². The van der Waals surface area contributed by atoms with Crippen LogP contribution in [0.25, 0.3) is 0 Å². The Bertz CT molecular complexity index is 910. The predicted octanol–water partition coefficient (Wildman–Crippen LogP) is 7.94. The maximum absolute atomic E-state index is 13.7. The number of hydrogen-bond donors (Lipinski definition) is 0. The van der Waals surface area contributed by atoms with Crippen LogP contribution in [0.4, 0.5) is 0 Å². The van der Waals surface area contributed by atoms with Crippen molar-refractivity contribution in [3.05, 3.63) is 65.7 Å². The van der Waals surface area contributed by atoms with Gasteiger partial charge in [-0.05, 0) is 74.2 Å². The molecule has 0 spiro atoms. The van der Waals surface area contributed by atoms with Crippen molar-refractivity contribution >= 4 is 24.2 Å². The van der Waals surface area contributed by atoms with Gasteiger partial charge in [0.15, 0.2) is 0 Å². The third kappa shape index (κ3) is 6.03. The summed E-state index contributed by atoms with van der Waals surface area (Å²) in [5.74, 6) is 0. The Morgan fingerprint density at radius 3 is 1.82 bits per heavy atom. The molecule has 0 aliphatic heterocycles. The summed E-state index contributed by atoms with van der Waals surface area (Å²) >= 11 is 0. The first kappa shape index (κ1) is 26.1. The molecule has 0 amide bonds.